The number of halogens is 1. The van der Waals surface area contributed by atoms with E-state index in [4.69, 9.17) is 4.74 Å². The summed E-state index contributed by atoms with van der Waals surface area (Å²) in [6, 6.07) is 13.9. The van der Waals surface area contributed by atoms with E-state index in [-0.39, 0.29) is 16.8 Å². The lowest BCUT2D eigenvalue weighted by Gasteiger charge is -2.15. The molecule has 0 fully saturated rings. The highest BCUT2D eigenvalue weighted by atomic mass is 79.9. The van der Waals surface area contributed by atoms with Crippen LogP contribution in [0.3, 0.4) is 0 Å². The van der Waals surface area contributed by atoms with E-state index in [0.717, 1.165) is 15.8 Å². The van der Waals surface area contributed by atoms with Crippen molar-refractivity contribution >= 4 is 31.7 Å². The Balaban J connectivity index is 1.76. The van der Waals surface area contributed by atoms with Gasteiger partial charge in [0, 0.05) is 17.1 Å². The first kappa shape index (κ1) is 20.5. The minimum absolute atomic E-state index is 0.0671. The van der Waals surface area contributed by atoms with Crippen LogP contribution in [0.15, 0.2) is 57.9 Å². The van der Waals surface area contributed by atoms with Crippen molar-refractivity contribution in [2.75, 3.05) is 12.9 Å². The summed E-state index contributed by atoms with van der Waals surface area (Å²) in [5, 5.41) is 2.91. The molecule has 0 spiro atoms. The fourth-order valence-electron chi connectivity index (χ4n) is 2.38. The van der Waals surface area contributed by atoms with E-state index in [1.165, 1.54) is 6.26 Å². The van der Waals surface area contributed by atoms with E-state index in [2.05, 4.69) is 21.2 Å². The lowest BCUT2D eigenvalue weighted by Crippen LogP contribution is -2.26. The van der Waals surface area contributed by atoms with E-state index in [1.54, 1.807) is 24.3 Å². The standard InChI is InChI=1S/C19H22BrNO4S/c1-14(15-8-10-18(11-9-15)26(2,23)24)21-19(22)7-4-12-25-17-6-3-5-16(20)13-17/h3,5-6,8-11,13-14H,4,7,12H2,1-2H3,(H,21,22). The molecule has 26 heavy (non-hydrogen) atoms. The van der Waals surface area contributed by atoms with Gasteiger partial charge in [-0.1, -0.05) is 34.1 Å². The van der Waals surface area contributed by atoms with Gasteiger partial charge in [-0.25, -0.2) is 8.42 Å². The second kappa shape index (κ2) is 9.19. The number of carbonyl (C=O) groups is 1. The van der Waals surface area contributed by atoms with E-state index in [1.807, 2.05) is 31.2 Å². The van der Waals surface area contributed by atoms with E-state index in [0.29, 0.717) is 19.4 Å². The molecule has 0 aromatic heterocycles. The van der Waals surface area contributed by atoms with Crippen molar-refractivity contribution < 1.29 is 17.9 Å². The number of sulfone groups is 1. The van der Waals surface area contributed by atoms with E-state index >= 15 is 0 Å². The van der Waals surface area contributed by atoms with Gasteiger partial charge in [-0.15, -0.1) is 0 Å². The molecule has 0 bridgehead atoms. The summed E-state index contributed by atoms with van der Waals surface area (Å²) in [6.45, 7) is 2.33. The topological polar surface area (TPSA) is 72.5 Å². The first-order chi connectivity index (χ1) is 12.3. The third-order valence-electron chi connectivity index (χ3n) is 3.80. The van der Waals surface area contributed by atoms with Crippen molar-refractivity contribution in [3.63, 3.8) is 0 Å². The molecule has 0 radical (unpaired) electrons. The van der Waals surface area contributed by atoms with Gasteiger partial charge >= 0.3 is 0 Å². The maximum atomic E-state index is 12.0. The van der Waals surface area contributed by atoms with Crippen LogP contribution in [0.1, 0.15) is 31.4 Å². The molecule has 1 N–H and O–H groups in total. The molecule has 140 valence electrons. The van der Waals surface area contributed by atoms with Gasteiger partial charge < -0.3 is 10.1 Å². The predicted octanol–water partition coefficient (Wildman–Crippen LogP) is 3.89. The van der Waals surface area contributed by atoms with Crippen LogP contribution in [0, 0.1) is 0 Å². The summed E-state index contributed by atoms with van der Waals surface area (Å²) >= 11 is 3.38. The number of hydrogen-bond donors (Lipinski definition) is 1. The zero-order chi connectivity index (χ0) is 19.2. The molecule has 1 atom stereocenters. The largest absolute Gasteiger partial charge is 0.494 e. The van der Waals surface area contributed by atoms with Crippen LogP contribution in [-0.2, 0) is 14.6 Å². The summed E-state index contributed by atoms with van der Waals surface area (Å²) in [5.41, 5.74) is 0.858. The number of ether oxygens (including phenoxy) is 1. The van der Waals surface area contributed by atoms with Gasteiger partial charge in [-0.05, 0) is 49.2 Å². The minimum atomic E-state index is -3.21. The van der Waals surface area contributed by atoms with Crippen LogP contribution in [0.2, 0.25) is 0 Å². The number of hydrogen-bond acceptors (Lipinski definition) is 4. The molecule has 5 nitrogen and oxygen atoms in total. The van der Waals surface area contributed by atoms with Crippen molar-refractivity contribution in [3.8, 4) is 5.75 Å². The SMILES string of the molecule is CC(NC(=O)CCCOc1cccc(Br)c1)c1ccc(S(C)(=O)=O)cc1. The summed E-state index contributed by atoms with van der Waals surface area (Å²) in [4.78, 5) is 12.3. The third kappa shape index (κ3) is 6.46. The normalized spacial score (nSPS) is 12.4. The Morgan fingerprint density at radius 3 is 2.50 bits per heavy atom. The molecule has 0 aliphatic carbocycles. The molecule has 0 saturated heterocycles. The highest BCUT2D eigenvalue weighted by Crippen LogP contribution is 2.18. The van der Waals surface area contributed by atoms with E-state index in [9.17, 15) is 13.2 Å². The Bertz CT molecular complexity index is 850. The van der Waals surface area contributed by atoms with Crippen molar-refractivity contribution in [1.29, 1.82) is 0 Å². The Labute approximate surface area is 162 Å². The van der Waals surface area contributed by atoms with Gasteiger partial charge in [0.1, 0.15) is 5.75 Å². The second-order valence-corrected chi connectivity index (χ2v) is 8.97. The quantitative estimate of drug-likeness (QED) is 0.633. The van der Waals surface area contributed by atoms with Crippen molar-refractivity contribution in [1.82, 2.24) is 5.32 Å². The van der Waals surface area contributed by atoms with Crippen molar-refractivity contribution in [2.24, 2.45) is 0 Å². The maximum Gasteiger partial charge on any atom is 0.220 e. The van der Waals surface area contributed by atoms with Gasteiger partial charge in [0.2, 0.25) is 5.91 Å². The Kier molecular flexibility index (Phi) is 7.23. The predicted molar refractivity (Wildman–Crippen MR) is 105 cm³/mol. The van der Waals surface area contributed by atoms with Gasteiger partial charge in [-0.2, -0.15) is 0 Å². The lowest BCUT2D eigenvalue weighted by atomic mass is 10.1. The van der Waals surface area contributed by atoms with E-state index < -0.39 is 9.84 Å². The average molecular weight is 440 g/mol. The first-order valence-electron chi connectivity index (χ1n) is 8.23. The monoisotopic (exact) mass is 439 g/mol. The van der Waals surface area contributed by atoms with Crippen LogP contribution < -0.4 is 10.1 Å². The fourth-order valence-corrected chi connectivity index (χ4v) is 3.39. The number of amides is 1. The number of rotatable bonds is 8. The van der Waals surface area contributed by atoms with Crippen LogP contribution in [0.25, 0.3) is 0 Å². The minimum Gasteiger partial charge on any atom is -0.494 e. The van der Waals surface area contributed by atoms with Crippen molar-refractivity contribution in [2.45, 2.75) is 30.7 Å². The van der Waals surface area contributed by atoms with Gasteiger partial charge in [-0.3, -0.25) is 4.79 Å². The molecule has 2 rings (SSSR count). The molecule has 1 amide bonds. The lowest BCUT2D eigenvalue weighted by molar-refractivity contribution is -0.121. The van der Waals surface area contributed by atoms with Crippen LogP contribution in [-0.4, -0.2) is 27.2 Å². The highest BCUT2D eigenvalue weighted by molar-refractivity contribution is 9.10. The zero-order valence-electron chi connectivity index (χ0n) is 14.7. The van der Waals surface area contributed by atoms with Crippen LogP contribution in [0.5, 0.6) is 5.75 Å². The molecule has 0 aliphatic heterocycles. The van der Waals surface area contributed by atoms with Crippen molar-refractivity contribution in [3.05, 3.63) is 58.6 Å². The summed E-state index contributed by atoms with van der Waals surface area (Å²) in [5.74, 6) is 0.696. The number of carbonyl (C=O) groups excluding carboxylic acids is 1. The summed E-state index contributed by atoms with van der Waals surface area (Å²) in [6.07, 6.45) is 2.14. The molecule has 2 aromatic carbocycles. The molecular formula is C19H22BrNO4S. The van der Waals surface area contributed by atoms with Crippen LogP contribution >= 0.6 is 15.9 Å². The zero-order valence-corrected chi connectivity index (χ0v) is 17.1. The maximum absolute atomic E-state index is 12.0. The van der Waals surface area contributed by atoms with Gasteiger partial charge in [0.05, 0.1) is 17.5 Å². The molecule has 0 heterocycles. The first-order valence-corrected chi connectivity index (χ1v) is 10.9. The Hall–Kier alpha value is -1.86. The number of nitrogens with one attached hydrogen (secondary N) is 1. The number of benzene rings is 2. The second-order valence-electron chi connectivity index (χ2n) is 6.04. The molecular weight excluding hydrogens is 418 g/mol. The summed E-state index contributed by atoms with van der Waals surface area (Å²) in [7, 11) is -3.21. The molecule has 0 aliphatic rings. The average Bonchev–Trinajstić information content (AvgIpc) is 2.58. The highest BCUT2D eigenvalue weighted by Gasteiger charge is 2.12. The fraction of sp³-hybridized carbons (Fsp3) is 0.316. The summed E-state index contributed by atoms with van der Waals surface area (Å²) < 4.78 is 29.5. The molecule has 2 aromatic rings. The van der Waals surface area contributed by atoms with Gasteiger partial charge in [0.25, 0.3) is 0 Å². The Morgan fingerprint density at radius 1 is 1.19 bits per heavy atom. The molecule has 1 unspecified atom stereocenters. The third-order valence-corrected chi connectivity index (χ3v) is 5.42. The molecule has 0 saturated carbocycles. The Morgan fingerprint density at radius 2 is 1.88 bits per heavy atom. The smallest absolute Gasteiger partial charge is 0.220 e. The molecule has 7 heteroatoms. The van der Waals surface area contributed by atoms with Gasteiger partial charge in [0.15, 0.2) is 9.84 Å². The van der Waals surface area contributed by atoms with Crippen LogP contribution in [0.4, 0.5) is 0 Å².